The van der Waals surface area contributed by atoms with Crippen LogP contribution in [0.25, 0.3) is 0 Å². The van der Waals surface area contributed by atoms with E-state index in [1.165, 1.54) is 13.8 Å². The van der Waals surface area contributed by atoms with Crippen LogP contribution in [-0.2, 0) is 9.59 Å². The van der Waals surface area contributed by atoms with Gasteiger partial charge < -0.3 is 0 Å². The molecule has 0 saturated carbocycles. The molecular formula is C9H15N3O2. The molecule has 0 spiro atoms. The van der Waals surface area contributed by atoms with Gasteiger partial charge in [-0.15, -0.1) is 0 Å². The van der Waals surface area contributed by atoms with Crippen molar-refractivity contribution in [2.24, 2.45) is 10.1 Å². The highest BCUT2D eigenvalue weighted by molar-refractivity contribution is 6.05. The van der Waals surface area contributed by atoms with E-state index in [1.54, 1.807) is 13.8 Å². The van der Waals surface area contributed by atoms with Gasteiger partial charge in [-0.05, 0) is 13.8 Å². The van der Waals surface area contributed by atoms with E-state index in [0.717, 1.165) is 0 Å². The van der Waals surface area contributed by atoms with Crippen molar-refractivity contribution in [3.63, 3.8) is 0 Å². The number of hydrazone groups is 1. The summed E-state index contributed by atoms with van der Waals surface area (Å²) in [5, 5.41) is 3.80. The molecule has 0 aromatic carbocycles. The van der Waals surface area contributed by atoms with Crippen LogP contribution in [0.5, 0.6) is 0 Å². The van der Waals surface area contributed by atoms with Crippen LogP contribution in [0.15, 0.2) is 10.1 Å². The smallest absolute Gasteiger partial charge is 0.242 e. The summed E-state index contributed by atoms with van der Waals surface area (Å²) in [4.78, 5) is 24.8. The average Bonchev–Trinajstić information content (AvgIpc) is 1.98. The minimum atomic E-state index is -0.227. The van der Waals surface area contributed by atoms with E-state index in [1.807, 2.05) is 0 Å². The van der Waals surface area contributed by atoms with Crippen molar-refractivity contribution >= 4 is 23.2 Å². The van der Waals surface area contributed by atoms with Crippen LogP contribution in [0.2, 0.25) is 0 Å². The Morgan fingerprint density at radius 3 is 2.07 bits per heavy atom. The van der Waals surface area contributed by atoms with Gasteiger partial charge >= 0.3 is 0 Å². The number of nitrogens with one attached hydrogen (secondary N) is 1. The minimum Gasteiger partial charge on any atom is -0.274 e. The van der Waals surface area contributed by atoms with E-state index in [4.69, 9.17) is 0 Å². The van der Waals surface area contributed by atoms with Gasteiger partial charge in [-0.25, -0.2) is 10.4 Å². The highest BCUT2D eigenvalue weighted by atomic mass is 16.2. The van der Waals surface area contributed by atoms with E-state index in [0.29, 0.717) is 17.8 Å². The second kappa shape index (κ2) is 6.01. The fourth-order valence-corrected chi connectivity index (χ4v) is 0.892. The first-order valence-corrected chi connectivity index (χ1v) is 4.26. The third-order valence-corrected chi connectivity index (χ3v) is 1.26. The predicted molar refractivity (Wildman–Crippen MR) is 55.3 cm³/mol. The van der Waals surface area contributed by atoms with Gasteiger partial charge in [0.25, 0.3) is 0 Å². The van der Waals surface area contributed by atoms with Crippen LogP contribution >= 0.6 is 0 Å². The molecule has 5 heteroatoms. The molecule has 0 atom stereocenters. The molecule has 0 aliphatic rings. The Morgan fingerprint density at radius 1 is 1.07 bits per heavy atom. The molecule has 0 radical (unpaired) electrons. The molecular weight excluding hydrogens is 182 g/mol. The van der Waals surface area contributed by atoms with Crippen molar-refractivity contribution < 1.29 is 9.59 Å². The number of rotatable bonds is 3. The van der Waals surface area contributed by atoms with Crippen LogP contribution in [0.3, 0.4) is 0 Å². The summed E-state index contributed by atoms with van der Waals surface area (Å²) in [6, 6.07) is 0. The number of nitrogens with zero attached hydrogens (tertiary/aromatic N) is 2. The van der Waals surface area contributed by atoms with E-state index in [9.17, 15) is 9.59 Å². The monoisotopic (exact) mass is 197 g/mol. The number of aliphatic imine (C=N–C) groups is 1. The van der Waals surface area contributed by atoms with Crippen LogP contribution in [0.1, 0.15) is 34.1 Å². The maximum atomic E-state index is 10.6. The summed E-state index contributed by atoms with van der Waals surface area (Å²) in [7, 11) is 0. The maximum absolute atomic E-state index is 10.6. The van der Waals surface area contributed by atoms with Gasteiger partial charge in [0, 0.05) is 31.7 Å². The van der Waals surface area contributed by atoms with Crippen LogP contribution in [0.4, 0.5) is 0 Å². The zero-order valence-electron chi connectivity index (χ0n) is 8.92. The largest absolute Gasteiger partial charge is 0.274 e. The second-order valence-corrected chi connectivity index (χ2v) is 3.06. The minimum absolute atomic E-state index is 0.217. The molecule has 0 bridgehead atoms. The van der Waals surface area contributed by atoms with Crippen LogP contribution < -0.4 is 5.43 Å². The van der Waals surface area contributed by atoms with Gasteiger partial charge in [0.1, 0.15) is 0 Å². The standard InChI is InChI=1S/C9H15N3O2/c1-6(10-8(3)13)5-7(2)11-12-9(4)14/h5H2,1-4H3,(H,12,14)/b10-6?,11-7+. The first-order chi connectivity index (χ1) is 6.41. The lowest BCUT2D eigenvalue weighted by atomic mass is 10.2. The Morgan fingerprint density at radius 2 is 1.64 bits per heavy atom. The summed E-state index contributed by atoms with van der Waals surface area (Å²) < 4.78 is 0. The van der Waals surface area contributed by atoms with Crippen molar-refractivity contribution in [1.29, 1.82) is 0 Å². The Bertz CT molecular complexity index is 292. The van der Waals surface area contributed by atoms with Gasteiger partial charge in [0.05, 0.1) is 0 Å². The van der Waals surface area contributed by atoms with Crippen LogP contribution in [-0.4, -0.2) is 23.2 Å². The van der Waals surface area contributed by atoms with E-state index >= 15 is 0 Å². The van der Waals surface area contributed by atoms with Crippen molar-refractivity contribution in [1.82, 2.24) is 5.43 Å². The molecule has 0 unspecified atom stereocenters. The fourth-order valence-electron chi connectivity index (χ4n) is 0.892. The summed E-state index contributed by atoms with van der Waals surface area (Å²) in [6.07, 6.45) is 0.486. The highest BCUT2D eigenvalue weighted by Crippen LogP contribution is 1.91. The molecule has 0 aliphatic heterocycles. The molecule has 1 N–H and O–H groups in total. The normalized spacial score (nSPS) is 12.6. The lowest BCUT2D eigenvalue weighted by Gasteiger charge is -1.99. The first-order valence-electron chi connectivity index (χ1n) is 4.26. The van der Waals surface area contributed by atoms with Crippen LogP contribution in [0, 0.1) is 0 Å². The maximum Gasteiger partial charge on any atom is 0.242 e. The van der Waals surface area contributed by atoms with Gasteiger partial charge in [-0.1, -0.05) is 0 Å². The average molecular weight is 197 g/mol. The van der Waals surface area contributed by atoms with Gasteiger partial charge in [-0.3, -0.25) is 9.59 Å². The summed E-state index contributed by atoms with van der Waals surface area (Å²) >= 11 is 0. The lowest BCUT2D eigenvalue weighted by molar-refractivity contribution is -0.119. The van der Waals surface area contributed by atoms with Crippen molar-refractivity contribution in [2.45, 2.75) is 34.1 Å². The topological polar surface area (TPSA) is 70.9 Å². The Labute approximate surface area is 83.3 Å². The van der Waals surface area contributed by atoms with Gasteiger partial charge in [-0.2, -0.15) is 5.10 Å². The molecule has 0 aromatic rings. The Kier molecular flexibility index (Phi) is 5.36. The molecule has 14 heavy (non-hydrogen) atoms. The molecule has 0 aliphatic carbocycles. The van der Waals surface area contributed by atoms with Gasteiger partial charge in [0.2, 0.25) is 11.8 Å². The fraction of sp³-hybridized carbons (Fsp3) is 0.556. The van der Waals surface area contributed by atoms with Crippen molar-refractivity contribution in [3.8, 4) is 0 Å². The van der Waals surface area contributed by atoms with Crippen molar-refractivity contribution in [2.75, 3.05) is 0 Å². The number of amides is 2. The van der Waals surface area contributed by atoms with E-state index in [2.05, 4.69) is 15.5 Å². The molecule has 0 heterocycles. The molecule has 0 rings (SSSR count). The second-order valence-electron chi connectivity index (χ2n) is 3.06. The summed E-state index contributed by atoms with van der Waals surface area (Å²) in [5.74, 6) is -0.444. The molecule has 0 fully saturated rings. The Hall–Kier alpha value is -1.52. The molecule has 0 aromatic heterocycles. The van der Waals surface area contributed by atoms with E-state index in [-0.39, 0.29) is 11.8 Å². The van der Waals surface area contributed by atoms with E-state index < -0.39 is 0 Å². The number of hydrogen-bond donors (Lipinski definition) is 1. The number of carbonyl (C=O) groups is 2. The molecule has 0 saturated heterocycles. The number of hydrogen-bond acceptors (Lipinski definition) is 3. The third-order valence-electron chi connectivity index (χ3n) is 1.26. The van der Waals surface area contributed by atoms with Gasteiger partial charge in [0.15, 0.2) is 0 Å². The Balaban J connectivity index is 4.18. The highest BCUT2D eigenvalue weighted by Gasteiger charge is 1.97. The SMILES string of the molecule is CC(=O)N=C(C)C/C(C)=N/NC(C)=O. The van der Waals surface area contributed by atoms with Crippen molar-refractivity contribution in [3.05, 3.63) is 0 Å². The molecule has 2 amide bonds. The number of carbonyl (C=O) groups excluding carboxylic acids is 2. The lowest BCUT2D eigenvalue weighted by Crippen LogP contribution is -2.15. The summed E-state index contributed by atoms with van der Waals surface area (Å²) in [5.41, 5.74) is 3.71. The quantitative estimate of drug-likeness (QED) is 0.539. The molecule has 5 nitrogen and oxygen atoms in total. The zero-order valence-corrected chi connectivity index (χ0v) is 8.92. The zero-order chi connectivity index (χ0) is 11.1. The molecule has 78 valence electrons. The predicted octanol–water partition coefficient (Wildman–Crippen LogP) is 0.896. The first kappa shape index (κ1) is 12.5. The summed E-state index contributed by atoms with van der Waals surface area (Å²) in [6.45, 7) is 6.28. The third kappa shape index (κ3) is 7.15.